The van der Waals surface area contributed by atoms with Crippen molar-refractivity contribution in [2.24, 2.45) is 0 Å². The number of rotatable bonds is 2. The molecule has 1 aliphatic rings. The SMILES string of the molecule is CC.CC.CCCC1CN(C)c2nc3c(C)cnn3cc2O1. The van der Waals surface area contributed by atoms with E-state index in [1.54, 1.807) is 4.52 Å². The van der Waals surface area contributed by atoms with E-state index >= 15 is 0 Å². The number of fused-ring (bicyclic) bond motifs is 2. The maximum atomic E-state index is 6.00. The number of nitrogens with zero attached hydrogens (tertiary/aromatic N) is 4. The van der Waals surface area contributed by atoms with Crippen molar-refractivity contribution in [3.8, 4) is 5.75 Å². The monoisotopic (exact) mass is 306 g/mol. The number of hydrogen-bond donors (Lipinski definition) is 0. The fourth-order valence-electron chi connectivity index (χ4n) is 2.44. The molecule has 0 radical (unpaired) electrons. The topological polar surface area (TPSA) is 42.7 Å². The standard InChI is InChI=1S/C13H18N4O.2C2H6/c1-4-5-10-7-16(3)13-11(18-10)8-17-12(15-13)9(2)6-14-17;2*1-2/h6,8,10H,4-5,7H2,1-3H3;2*1-2H3. The van der Waals surface area contributed by atoms with Crippen LogP contribution in [0.1, 0.15) is 53.0 Å². The molecule has 3 rings (SSSR count). The van der Waals surface area contributed by atoms with Crippen molar-refractivity contribution in [3.05, 3.63) is 18.0 Å². The molecule has 1 aliphatic heterocycles. The number of likely N-dealkylation sites (N-methyl/N-ethyl adjacent to an activating group) is 1. The highest BCUT2D eigenvalue weighted by Gasteiger charge is 2.25. The first-order valence-corrected chi connectivity index (χ1v) is 8.42. The van der Waals surface area contributed by atoms with E-state index in [0.717, 1.165) is 42.2 Å². The third-order valence-electron chi connectivity index (χ3n) is 3.36. The largest absolute Gasteiger partial charge is 0.483 e. The summed E-state index contributed by atoms with van der Waals surface area (Å²) in [7, 11) is 2.07. The van der Waals surface area contributed by atoms with Crippen molar-refractivity contribution in [2.45, 2.75) is 60.5 Å². The molecule has 0 aromatic carbocycles. The zero-order chi connectivity index (χ0) is 16.7. The Kier molecular flexibility index (Phi) is 7.15. The van der Waals surface area contributed by atoms with E-state index in [2.05, 4.69) is 29.0 Å². The molecule has 3 heterocycles. The Bertz CT molecular complexity index is 579. The van der Waals surface area contributed by atoms with Gasteiger partial charge in [0, 0.05) is 12.6 Å². The molecule has 0 aliphatic carbocycles. The van der Waals surface area contributed by atoms with Gasteiger partial charge in [-0.05, 0) is 13.3 Å². The smallest absolute Gasteiger partial charge is 0.180 e. The number of aryl methyl sites for hydroxylation is 1. The Morgan fingerprint density at radius 1 is 1.27 bits per heavy atom. The van der Waals surface area contributed by atoms with Crippen LogP contribution in [0.5, 0.6) is 5.75 Å². The van der Waals surface area contributed by atoms with Gasteiger partial charge in [-0.25, -0.2) is 9.50 Å². The normalized spacial score (nSPS) is 16.0. The minimum absolute atomic E-state index is 0.253. The first-order chi connectivity index (χ1) is 10.7. The fraction of sp³-hybridized carbons (Fsp3) is 0.647. The zero-order valence-electron chi connectivity index (χ0n) is 15.1. The molecule has 2 aromatic heterocycles. The average Bonchev–Trinajstić information content (AvgIpc) is 2.91. The van der Waals surface area contributed by atoms with E-state index in [9.17, 15) is 0 Å². The van der Waals surface area contributed by atoms with Crippen LogP contribution in [0, 0.1) is 6.92 Å². The van der Waals surface area contributed by atoms with Gasteiger partial charge >= 0.3 is 0 Å². The van der Waals surface area contributed by atoms with Crippen LogP contribution in [0.2, 0.25) is 0 Å². The lowest BCUT2D eigenvalue weighted by atomic mass is 10.2. The number of hydrogen-bond acceptors (Lipinski definition) is 4. The molecular formula is C17H30N4O. The second kappa shape index (κ2) is 8.61. The van der Waals surface area contributed by atoms with Gasteiger partial charge in [0.1, 0.15) is 6.10 Å². The van der Waals surface area contributed by atoms with Crippen molar-refractivity contribution < 1.29 is 4.74 Å². The average molecular weight is 306 g/mol. The van der Waals surface area contributed by atoms with Crippen molar-refractivity contribution in [2.75, 3.05) is 18.5 Å². The third kappa shape index (κ3) is 3.70. The van der Waals surface area contributed by atoms with E-state index < -0.39 is 0 Å². The maximum Gasteiger partial charge on any atom is 0.180 e. The second-order valence-electron chi connectivity index (χ2n) is 4.93. The van der Waals surface area contributed by atoms with Crippen LogP contribution in [0.4, 0.5) is 5.82 Å². The zero-order valence-corrected chi connectivity index (χ0v) is 15.1. The quantitative estimate of drug-likeness (QED) is 0.838. The summed E-state index contributed by atoms with van der Waals surface area (Å²) in [4.78, 5) is 6.82. The molecule has 22 heavy (non-hydrogen) atoms. The second-order valence-corrected chi connectivity index (χ2v) is 4.93. The van der Waals surface area contributed by atoms with Gasteiger partial charge in [0.2, 0.25) is 0 Å². The van der Waals surface area contributed by atoms with Crippen molar-refractivity contribution in [3.63, 3.8) is 0 Å². The van der Waals surface area contributed by atoms with Gasteiger partial charge in [-0.1, -0.05) is 41.0 Å². The molecule has 124 valence electrons. The molecule has 1 atom stereocenters. The van der Waals surface area contributed by atoms with E-state index in [4.69, 9.17) is 4.74 Å². The van der Waals surface area contributed by atoms with Crippen LogP contribution in [0.25, 0.3) is 5.65 Å². The van der Waals surface area contributed by atoms with Crippen LogP contribution in [-0.4, -0.2) is 34.3 Å². The first-order valence-electron chi connectivity index (χ1n) is 8.42. The highest BCUT2D eigenvalue weighted by Crippen LogP contribution is 2.32. The Labute approximate surface area is 134 Å². The van der Waals surface area contributed by atoms with Crippen molar-refractivity contribution in [1.29, 1.82) is 0 Å². The molecule has 5 nitrogen and oxygen atoms in total. The Morgan fingerprint density at radius 3 is 2.59 bits per heavy atom. The van der Waals surface area contributed by atoms with E-state index in [1.165, 1.54) is 0 Å². The molecular weight excluding hydrogens is 276 g/mol. The van der Waals surface area contributed by atoms with Gasteiger partial charge in [-0.15, -0.1) is 0 Å². The molecule has 0 fully saturated rings. The van der Waals surface area contributed by atoms with E-state index in [0.29, 0.717) is 0 Å². The third-order valence-corrected chi connectivity index (χ3v) is 3.36. The Morgan fingerprint density at radius 2 is 1.95 bits per heavy atom. The predicted molar refractivity (Wildman–Crippen MR) is 93.0 cm³/mol. The number of ether oxygens (including phenoxy) is 1. The van der Waals surface area contributed by atoms with Gasteiger partial charge in [-0.2, -0.15) is 5.10 Å². The maximum absolute atomic E-state index is 6.00. The van der Waals surface area contributed by atoms with Crippen molar-refractivity contribution >= 4 is 11.5 Å². The lowest BCUT2D eigenvalue weighted by molar-refractivity contribution is 0.182. The van der Waals surface area contributed by atoms with Crippen LogP contribution >= 0.6 is 0 Å². The summed E-state index contributed by atoms with van der Waals surface area (Å²) in [6.07, 6.45) is 6.22. The first kappa shape index (κ1) is 18.3. The lowest BCUT2D eigenvalue weighted by Gasteiger charge is -2.32. The minimum atomic E-state index is 0.253. The molecule has 5 heteroatoms. The van der Waals surface area contributed by atoms with Crippen LogP contribution in [0.3, 0.4) is 0 Å². The fourth-order valence-corrected chi connectivity index (χ4v) is 2.44. The van der Waals surface area contributed by atoms with Crippen LogP contribution < -0.4 is 9.64 Å². The molecule has 0 saturated heterocycles. The highest BCUT2D eigenvalue weighted by atomic mass is 16.5. The molecule has 0 saturated carbocycles. The molecule has 2 aromatic rings. The molecule has 0 N–H and O–H groups in total. The molecule has 1 unspecified atom stereocenters. The summed E-state index contributed by atoms with van der Waals surface area (Å²) in [6, 6.07) is 0. The molecule has 0 spiro atoms. The van der Waals surface area contributed by atoms with Gasteiger partial charge in [0.05, 0.1) is 18.9 Å². The number of aromatic nitrogens is 3. The van der Waals surface area contributed by atoms with Crippen LogP contribution in [0.15, 0.2) is 12.4 Å². The van der Waals surface area contributed by atoms with Gasteiger partial charge < -0.3 is 9.64 Å². The minimum Gasteiger partial charge on any atom is -0.483 e. The van der Waals surface area contributed by atoms with Crippen molar-refractivity contribution in [1.82, 2.24) is 14.6 Å². The summed E-state index contributed by atoms with van der Waals surface area (Å²) < 4.78 is 7.78. The van der Waals surface area contributed by atoms with Gasteiger partial charge in [0.15, 0.2) is 17.2 Å². The van der Waals surface area contributed by atoms with Gasteiger partial charge in [-0.3, -0.25) is 0 Å². The lowest BCUT2D eigenvalue weighted by Crippen LogP contribution is -2.38. The summed E-state index contributed by atoms with van der Waals surface area (Å²) in [5, 5.41) is 4.28. The van der Waals surface area contributed by atoms with E-state index in [-0.39, 0.29) is 6.10 Å². The molecule has 0 bridgehead atoms. The highest BCUT2D eigenvalue weighted by molar-refractivity contribution is 5.60. The predicted octanol–water partition coefficient (Wildman–Crippen LogP) is 4.09. The Hall–Kier alpha value is -1.78. The van der Waals surface area contributed by atoms with Gasteiger partial charge in [0.25, 0.3) is 0 Å². The van der Waals surface area contributed by atoms with E-state index in [1.807, 2.05) is 47.0 Å². The number of anilines is 1. The Balaban J connectivity index is 0.000000561. The summed E-state index contributed by atoms with van der Waals surface area (Å²) in [5.74, 6) is 1.75. The summed E-state index contributed by atoms with van der Waals surface area (Å²) in [6.45, 7) is 13.1. The van der Waals surface area contributed by atoms with Crippen LogP contribution in [-0.2, 0) is 0 Å². The summed E-state index contributed by atoms with van der Waals surface area (Å²) in [5.41, 5.74) is 1.99. The summed E-state index contributed by atoms with van der Waals surface area (Å²) >= 11 is 0. The molecule has 0 amide bonds.